The first kappa shape index (κ1) is 18.3. The third-order valence-electron chi connectivity index (χ3n) is 6.53. The maximum atomic E-state index is 5.92. The van der Waals surface area contributed by atoms with Crippen molar-refractivity contribution >= 4 is 17.3 Å². The first-order valence-corrected chi connectivity index (χ1v) is 10.9. The molecule has 1 aromatic rings. The number of ether oxygens (including phenoxy) is 1. The molecule has 26 heavy (non-hydrogen) atoms. The molecule has 0 bridgehead atoms. The zero-order valence-corrected chi connectivity index (χ0v) is 17.0. The Labute approximate surface area is 161 Å². The van der Waals surface area contributed by atoms with Gasteiger partial charge in [-0.05, 0) is 43.8 Å². The molecule has 4 unspecified atom stereocenters. The molecule has 0 amide bonds. The molecule has 0 spiro atoms. The molecule has 4 atom stereocenters. The Morgan fingerprint density at radius 3 is 2.92 bits per heavy atom. The van der Waals surface area contributed by atoms with Gasteiger partial charge in [-0.2, -0.15) is 0 Å². The maximum absolute atomic E-state index is 5.92. The van der Waals surface area contributed by atoms with E-state index < -0.39 is 0 Å². The molecule has 3 fully saturated rings. The third-order valence-corrected chi connectivity index (χ3v) is 7.51. The lowest BCUT2D eigenvalue weighted by Gasteiger charge is -2.55. The van der Waals surface area contributed by atoms with Crippen LogP contribution in [-0.2, 0) is 4.74 Å². The molecule has 1 aliphatic carbocycles. The van der Waals surface area contributed by atoms with Gasteiger partial charge >= 0.3 is 0 Å². The highest BCUT2D eigenvalue weighted by Crippen LogP contribution is 2.52. The zero-order valence-electron chi connectivity index (χ0n) is 16.2. The molecule has 2 saturated heterocycles. The summed E-state index contributed by atoms with van der Waals surface area (Å²) in [6, 6.07) is 5.30. The lowest BCUT2D eigenvalue weighted by molar-refractivity contribution is -0.106. The lowest BCUT2D eigenvalue weighted by atomic mass is 9.57. The first-order chi connectivity index (χ1) is 12.6. The van der Waals surface area contributed by atoms with Crippen LogP contribution in [0.5, 0.6) is 0 Å². The van der Waals surface area contributed by atoms with Crippen LogP contribution in [0, 0.1) is 11.3 Å². The van der Waals surface area contributed by atoms with Crippen molar-refractivity contribution in [1.29, 1.82) is 0 Å². The summed E-state index contributed by atoms with van der Waals surface area (Å²) in [6.45, 7) is 8.82. The number of aliphatic imine (C=N–C) groups is 1. The molecular formula is C20H32N4OS. The van der Waals surface area contributed by atoms with Crippen molar-refractivity contribution in [3.8, 4) is 0 Å². The number of nitrogens with zero attached hydrogens (tertiary/aromatic N) is 2. The van der Waals surface area contributed by atoms with Crippen molar-refractivity contribution in [2.45, 2.75) is 51.3 Å². The van der Waals surface area contributed by atoms with Crippen molar-refractivity contribution in [2.75, 3.05) is 33.3 Å². The van der Waals surface area contributed by atoms with Crippen LogP contribution in [0.2, 0.25) is 0 Å². The van der Waals surface area contributed by atoms with Crippen LogP contribution < -0.4 is 10.6 Å². The number of guanidine groups is 1. The molecule has 6 heteroatoms. The first-order valence-electron chi connectivity index (χ1n) is 9.97. The number of thiophene rings is 1. The summed E-state index contributed by atoms with van der Waals surface area (Å²) in [5.41, 5.74) is 0.168. The predicted molar refractivity (Wildman–Crippen MR) is 108 cm³/mol. The Morgan fingerprint density at radius 2 is 2.23 bits per heavy atom. The number of fused-ring (bicyclic) bond motifs is 1. The second-order valence-electron chi connectivity index (χ2n) is 8.41. The van der Waals surface area contributed by atoms with Crippen LogP contribution in [0.25, 0.3) is 0 Å². The van der Waals surface area contributed by atoms with Gasteiger partial charge in [-0.25, -0.2) is 0 Å². The van der Waals surface area contributed by atoms with Crippen molar-refractivity contribution in [3.05, 3.63) is 22.4 Å². The van der Waals surface area contributed by atoms with Gasteiger partial charge in [0.05, 0.1) is 12.1 Å². The van der Waals surface area contributed by atoms with Crippen molar-refractivity contribution in [1.82, 2.24) is 15.5 Å². The summed E-state index contributed by atoms with van der Waals surface area (Å²) in [5, 5.41) is 9.50. The third kappa shape index (κ3) is 3.27. The van der Waals surface area contributed by atoms with E-state index in [1.54, 1.807) is 0 Å². The van der Waals surface area contributed by atoms with Crippen LogP contribution in [0.4, 0.5) is 0 Å². The zero-order chi connectivity index (χ0) is 18.1. The molecule has 4 rings (SSSR count). The highest BCUT2D eigenvalue weighted by Gasteiger charge is 2.59. The predicted octanol–water partition coefficient (Wildman–Crippen LogP) is 2.86. The summed E-state index contributed by atoms with van der Waals surface area (Å²) >= 11 is 1.86. The van der Waals surface area contributed by atoms with Crippen LogP contribution in [-0.4, -0.2) is 56.3 Å². The quantitative estimate of drug-likeness (QED) is 0.613. The summed E-state index contributed by atoms with van der Waals surface area (Å²) in [7, 11) is 1.87. The maximum Gasteiger partial charge on any atom is 0.191 e. The van der Waals surface area contributed by atoms with E-state index >= 15 is 0 Å². The van der Waals surface area contributed by atoms with Gasteiger partial charge in [0.25, 0.3) is 0 Å². The van der Waals surface area contributed by atoms with E-state index in [0.717, 1.165) is 25.5 Å². The van der Waals surface area contributed by atoms with E-state index in [1.807, 2.05) is 18.4 Å². The second-order valence-corrected chi connectivity index (χ2v) is 9.39. The standard InChI is InChI=1S/C20H32N4OS/c1-20(2)17(14-8-11-25-18(14)20)23-19(21-3)22-13-15(16-7-6-12-26-16)24-9-4-5-10-24/h6-7,12,14-15,17-18H,4-5,8-11,13H2,1-3H3,(H2,21,22,23). The minimum Gasteiger partial charge on any atom is -0.377 e. The Morgan fingerprint density at radius 1 is 1.42 bits per heavy atom. The second kappa shape index (κ2) is 7.49. The van der Waals surface area contributed by atoms with E-state index in [0.29, 0.717) is 24.1 Å². The molecular weight excluding hydrogens is 344 g/mol. The van der Waals surface area contributed by atoms with E-state index in [1.165, 1.54) is 30.8 Å². The van der Waals surface area contributed by atoms with Gasteiger partial charge in [-0.15, -0.1) is 11.3 Å². The largest absolute Gasteiger partial charge is 0.377 e. The van der Waals surface area contributed by atoms with E-state index in [9.17, 15) is 0 Å². The van der Waals surface area contributed by atoms with Crippen molar-refractivity contribution < 1.29 is 4.74 Å². The Hall–Kier alpha value is -1.11. The van der Waals surface area contributed by atoms with Crippen LogP contribution >= 0.6 is 11.3 Å². The van der Waals surface area contributed by atoms with Gasteiger partial charge in [0.1, 0.15) is 0 Å². The summed E-state index contributed by atoms with van der Waals surface area (Å²) < 4.78 is 5.92. The van der Waals surface area contributed by atoms with Crippen LogP contribution in [0.15, 0.2) is 22.5 Å². The van der Waals surface area contributed by atoms with Gasteiger partial charge < -0.3 is 15.4 Å². The van der Waals surface area contributed by atoms with Crippen molar-refractivity contribution in [2.24, 2.45) is 16.3 Å². The molecule has 3 aliphatic rings. The van der Waals surface area contributed by atoms with Gasteiger partial charge in [-0.3, -0.25) is 9.89 Å². The Kier molecular flexibility index (Phi) is 5.26. The normalized spacial score (nSPS) is 32.1. The molecule has 144 valence electrons. The van der Waals surface area contributed by atoms with Gasteiger partial charge in [0.15, 0.2) is 5.96 Å². The highest BCUT2D eigenvalue weighted by atomic mass is 32.1. The number of hydrogen-bond donors (Lipinski definition) is 2. The minimum atomic E-state index is 0.168. The average Bonchev–Trinajstić information content (AvgIpc) is 3.40. The van der Waals surface area contributed by atoms with E-state index in [4.69, 9.17) is 4.74 Å². The Bertz CT molecular complexity index is 624. The van der Waals surface area contributed by atoms with Gasteiger partial charge in [-0.1, -0.05) is 19.9 Å². The highest BCUT2D eigenvalue weighted by molar-refractivity contribution is 7.10. The molecule has 0 aromatic carbocycles. The fourth-order valence-electron chi connectivity index (χ4n) is 5.10. The molecule has 1 aromatic heterocycles. The molecule has 0 radical (unpaired) electrons. The van der Waals surface area contributed by atoms with Gasteiger partial charge in [0, 0.05) is 42.5 Å². The fraction of sp³-hybridized carbons (Fsp3) is 0.750. The number of nitrogens with one attached hydrogen (secondary N) is 2. The molecule has 3 heterocycles. The smallest absolute Gasteiger partial charge is 0.191 e. The number of rotatable bonds is 5. The SMILES string of the molecule is CN=C(NCC(c1cccs1)N1CCCC1)NC1C2CCOC2C1(C)C. The molecule has 5 nitrogen and oxygen atoms in total. The van der Waals surface area contributed by atoms with E-state index in [2.05, 4.69) is 51.9 Å². The molecule has 1 saturated carbocycles. The van der Waals surface area contributed by atoms with Crippen LogP contribution in [0.3, 0.4) is 0 Å². The van der Waals surface area contributed by atoms with Crippen molar-refractivity contribution in [3.63, 3.8) is 0 Å². The number of hydrogen-bond acceptors (Lipinski definition) is 4. The summed E-state index contributed by atoms with van der Waals surface area (Å²) in [4.78, 5) is 8.57. The Balaban J connectivity index is 1.38. The fourth-order valence-corrected chi connectivity index (χ4v) is 5.96. The minimum absolute atomic E-state index is 0.168. The number of likely N-dealkylation sites (tertiary alicyclic amines) is 1. The monoisotopic (exact) mass is 376 g/mol. The van der Waals surface area contributed by atoms with Crippen LogP contribution in [0.1, 0.15) is 44.0 Å². The topological polar surface area (TPSA) is 48.9 Å². The summed E-state index contributed by atoms with van der Waals surface area (Å²) in [6.07, 6.45) is 4.19. The molecule has 2 N–H and O–H groups in total. The molecule has 2 aliphatic heterocycles. The summed E-state index contributed by atoms with van der Waals surface area (Å²) in [5.74, 6) is 1.55. The lowest BCUT2D eigenvalue weighted by Crippen LogP contribution is -2.68. The van der Waals surface area contributed by atoms with E-state index in [-0.39, 0.29) is 5.41 Å². The van der Waals surface area contributed by atoms with Gasteiger partial charge in [0.2, 0.25) is 0 Å². The average molecular weight is 377 g/mol.